The van der Waals surface area contributed by atoms with E-state index in [9.17, 15) is 0 Å². The summed E-state index contributed by atoms with van der Waals surface area (Å²) >= 11 is 0. The Kier molecular flexibility index (Phi) is 8.49. The van der Waals surface area contributed by atoms with E-state index in [4.69, 9.17) is 0 Å². The molecule has 9 heavy (non-hydrogen) atoms. The van der Waals surface area contributed by atoms with Crippen molar-refractivity contribution in [1.29, 1.82) is 0 Å². The molecule has 0 aromatic heterocycles. The Morgan fingerprint density at radius 2 is 2.00 bits per heavy atom. The molecule has 0 amide bonds. The van der Waals surface area contributed by atoms with Gasteiger partial charge in [0.25, 0.3) is 0 Å². The number of hydrogen-bond acceptors (Lipinski definition) is 1. The molecule has 1 radical (unpaired) electrons. The molecule has 0 saturated carbocycles. The normalized spacial score (nSPS) is 14.0. The van der Waals surface area contributed by atoms with Crippen molar-refractivity contribution in [1.82, 2.24) is 0 Å². The molecular formula is C6H6BrNZn-. The molecule has 0 aliphatic carbocycles. The van der Waals surface area contributed by atoms with Gasteiger partial charge in [-0.15, -0.1) is 0 Å². The Bertz CT molecular complexity index is 140. The second-order valence-electron chi connectivity index (χ2n) is 1.32. The molecule has 0 atom stereocenters. The molecule has 0 spiro atoms. The Hall–Kier alpha value is 0.253. The number of halogens is 1. The first-order valence-corrected chi connectivity index (χ1v) is 2.12. The van der Waals surface area contributed by atoms with Crippen molar-refractivity contribution in [3.63, 3.8) is 0 Å². The second-order valence-corrected chi connectivity index (χ2v) is 1.32. The standard InChI is InChI=1S/C6H6N.BrH.Zn/c1-6-4-2-3-5-7-6;;/h2-5H,1H2;1H;/p-1. The first-order valence-electron chi connectivity index (χ1n) is 2.12. The minimum absolute atomic E-state index is 0. The van der Waals surface area contributed by atoms with E-state index >= 15 is 0 Å². The average molecular weight is 237 g/mol. The van der Waals surface area contributed by atoms with Crippen LogP contribution < -0.4 is 17.0 Å². The van der Waals surface area contributed by atoms with E-state index in [-0.39, 0.29) is 36.5 Å². The van der Waals surface area contributed by atoms with Gasteiger partial charge in [-0.05, 0) is 6.08 Å². The zero-order valence-corrected chi connectivity index (χ0v) is 9.60. The van der Waals surface area contributed by atoms with Crippen molar-refractivity contribution in [2.24, 2.45) is 4.99 Å². The second kappa shape index (κ2) is 6.37. The topological polar surface area (TPSA) is 12.4 Å². The summed E-state index contributed by atoms with van der Waals surface area (Å²) in [7, 11) is 0. The quantitative estimate of drug-likeness (QED) is 0.448. The average Bonchev–Trinajstić information content (AvgIpc) is 1.69. The van der Waals surface area contributed by atoms with E-state index in [0.717, 1.165) is 5.70 Å². The smallest absolute Gasteiger partial charge is 0.0410 e. The van der Waals surface area contributed by atoms with Crippen LogP contribution in [0.15, 0.2) is 29.4 Å². The number of allylic oxidation sites excluding steroid dienone is 2. The third kappa shape index (κ3) is 4.74. The number of dihydropyridines is 1. The molecular weight excluding hydrogens is 231 g/mol. The van der Waals surface area contributed by atoms with Crippen molar-refractivity contribution in [2.45, 2.75) is 0 Å². The summed E-state index contributed by atoms with van der Waals surface area (Å²) in [4.78, 5) is 3.87. The Morgan fingerprint density at radius 3 is 2.22 bits per heavy atom. The van der Waals surface area contributed by atoms with Gasteiger partial charge in [0.15, 0.2) is 0 Å². The molecule has 0 saturated heterocycles. The maximum Gasteiger partial charge on any atom is 0.0410 e. The van der Waals surface area contributed by atoms with Crippen LogP contribution in [0.5, 0.6) is 0 Å². The van der Waals surface area contributed by atoms with Crippen molar-refractivity contribution in [3.8, 4) is 0 Å². The maximum absolute atomic E-state index is 3.87. The van der Waals surface area contributed by atoms with Gasteiger partial charge in [-0.25, -0.2) is 0 Å². The molecule has 1 aliphatic heterocycles. The SMILES string of the molecule is C=C1[CH]C=CC=N1.[Br-].[Zn]. The van der Waals surface area contributed by atoms with Crippen LogP contribution in [0.3, 0.4) is 0 Å². The summed E-state index contributed by atoms with van der Waals surface area (Å²) < 4.78 is 0. The van der Waals surface area contributed by atoms with Crippen LogP contribution in [0.2, 0.25) is 0 Å². The van der Waals surface area contributed by atoms with Crippen molar-refractivity contribution < 1.29 is 36.5 Å². The van der Waals surface area contributed by atoms with Crippen LogP contribution in [0.1, 0.15) is 0 Å². The van der Waals surface area contributed by atoms with Crippen LogP contribution in [-0.2, 0) is 19.5 Å². The third-order valence-corrected chi connectivity index (χ3v) is 0.726. The van der Waals surface area contributed by atoms with E-state index in [1.54, 1.807) is 6.21 Å². The van der Waals surface area contributed by atoms with Crippen LogP contribution in [0.4, 0.5) is 0 Å². The van der Waals surface area contributed by atoms with Gasteiger partial charge >= 0.3 is 0 Å². The van der Waals surface area contributed by atoms with Crippen molar-refractivity contribution >= 4 is 6.21 Å². The third-order valence-electron chi connectivity index (χ3n) is 0.726. The fourth-order valence-electron chi connectivity index (χ4n) is 0.398. The Balaban J connectivity index is 0. The van der Waals surface area contributed by atoms with E-state index in [0.29, 0.717) is 0 Å². The van der Waals surface area contributed by atoms with Crippen LogP contribution in [-0.4, -0.2) is 6.21 Å². The molecule has 45 valence electrons. The minimum atomic E-state index is 0. The molecule has 0 bridgehead atoms. The number of aliphatic imine (C=N–C) groups is 1. The molecule has 0 unspecified atom stereocenters. The first-order chi connectivity index (χ1) is 3.39. The maximum atomic E-state index is 3.87. The predicted octanol–water partition coefficient (Wildman–Crippen LogP) is -1.65. The molecule has 1 aliphatic rings. The zero-order chi connectivity index (χ0) is 5.11. The molecule has 1 heterocycles. The van der Waals surface area contributed by atoms with Gasteiger partial charge in [-0.3, -0.25) is 4.99 Å². The summed E-state index contributed by atoms with van der Waals surface area (Å²) in [6, 6.07) is 0. The van der Waals surface area contributed by atoms with Gasteiger partial charge in [-0.2, -0.15) is 0 Å². The van der Waals surface area contributed by atoms with Crippen LogP contribution in [0, 0.1) is 6.42 Å². The van der Waals surface area contributed by atoms with Crippen LogP contribution >= 0.6 is 0 Å². The fraction of sp³-hybridized carbons (Fsp3) is 0. The van der Waals surface area contributed by atoms with Gasteiger partial charge in [0.2, 0.25) is 0 Å². The van der Waals surface area contributed by atoms with Gasteiger partial charge in [0.1, 0.15) is 0 Å². The van der Waals surface area contributed by atoms with Gasteiger partial charge in [0.05, 0.1) is 0 Å². The van der Waals surface area contributed by atoms with E-state index in [1.165, 1.54) is 0 Å². The monoisotopic (exact) mass is 235 g/mol. The molecule has 1 rings (SSSR count). The summed E-state index contributed by atoms with van der Waals surface area (Å²) in [5, 5.41) is 0. The van der Waals surface area contributed by atoms with Gasteiger partial charge < -0.3 is 17.0 Å². The molecule has 3 heteroatoms. The minimum Gasteiger partial charge on any atom is -1.00 e. The van der Waals surface area contributed by atoms with Gasteiger partial charge in [0, 0.05) is 37.8 Å². The summed E-state index contributed by atoms with van der Waals surface area (Å²) in [5.74, 6) is 0. The zero-order valence-electron chi connectivity index (χ0n) is 5.05. The number of rotatable bonds is 0. The van der Waals surface area contributed by atoms with E-state index < -0.39 is 0 Å². The molecule has 0 N–H and O–H groups in total. The summed E-state index contributed by atoms with van der Waals surface area (Å²) in [5.41, 5.74) is 0.822. The Morgan fingerprint density at radius 1 is 1.33 bits per heavy atom. The van der Waals surface area contributed by atoms with Gasteiger partial charge in [-0.1, -0.05) is 12.7 Å². The van der Waals surface area contributed by atoms with Crippen molar-refractivity contribution in [3.05, 3.63) is 30.8 Å². The van der Waals surface area contributed by atoms with Crippen LogP contribution in [0.25, 0.3) is 0 Å². The fourth-order valence-corrected chi connectivity index (χ4v) is 0.398. The molecule has 0 aromatic rings. The summed E-state index contributed by atoms with van der Waals surface area (Å²) in [6.07, 6.45) is 7.37. The predicted molar refractivity (Wildman–Crippen MR) is 31.1 cm³/mol. The largest absolute Gasteiger partial charge is 1.00 e. The van der Waals surface area contributed by atoms with Crippen molar-refractivity contribution in [2.75, 3.05) is 0 Å². The van der Waals surface area contributed by atoms with E-state index in [2.05, 4.69) is 11.6 Å². The number of hydrogen-bond donors (Lipinski definition) is 0. The number of nitrogens with zero attached hydrogens (tertiary/aromatic N) is 1. The summed E-state index contributed by atoms with van der Waals surface area (Å²) in [6.45, 7) is 3.61. The Labute approximate surface area is 78.5 Å². The first kappa shape index (κ1) is 12.0. The molecule has 0 aromatic carbocycles. The molecule has 1 nitrogen and oxygen atoms in total. The van der Waals surface area contributed by atoms with E-state index in [1.807, 2.05) is 18.6 Å². The molecule has 0 fully saturated rings.